The van der Waals surface area contributed by atoms with Gasteiger partial charge in [0.25, 0.3) is 0 Å². The predicted octanol–water partition coefficient (Wildman–Crippen LogP) is 7.50. The molecule has 0 aliphatic carbocycles. The highest BCUT2D eigenvalue weighted by Gasteiger charge is 2.28. The van der Waals surface area contributed by atoms with Crippen molar-refractivity contribution in [2.45, 2.75) is 13.0 Å². The Morgan fingerprint density at radius 2 is 1.56 bits per heavy atom. The van der Waals surface area contributed by atoms with Crippen molar-refractivity contribution < 1.29 is 13.2 Å². The molecule has 8 rings (SSSR count). The van der Waals surface area contributed by atoms with E-state index in [1.807, 2.05) is 49.4 Å². The first kappa shape index (κ1) is 24.9. The maximum Gasteiger partial charge on any atom is 0.200 e. The summed E-state index contributed by atoms with van der Waals surface area (Å²) in [6, 6.07) is 25.9. The number of para-hydroxylation sites is 3. The second-order valence-electron chi connectivity index (χ2n) is 10.4. The molecule has 0 fully saturated rings. The number of benzene rings is 4. The molecule has 1 atom stereocenters. The Labute approximate surface area is 242 Å². The van der Waals surface area contributed by atoms with Crippen LogP contribution in [0.2, 0.25) is 0 Å². The highest BCUT2D eigenvalue weighted by Crippen LogP contribution is 2.40. The van der Waals surface area contributed by atoms with E-state index in [2.05, 4.69) is 9.97 Å². The van der Waals surface area contributed by atoms with Crippen molar-refractivity contribution in [3.63, 3.8) is 0 Å². The monoisotopic (exact) mass is 567 g/mol. The van der Waals surface area contributed by atoms with E-state index < -0.39 is 11.9 Å². The second kappa shape index (κ2) is 9.35. The molecule has 208 valence electrons. The van der Waals surface area contributed by atoms with Crippen molar-refractivity contribution in [3.05, 3.63) is 119 Å². The van der Waals surface area contributed by atoms with E-state index in [0.717, 1.165) is 21.9 Å². The maximum atomic E-state index is 14.4. The van der Waals surface area contributed by atoms with E-state index >= 15 is 0 Å². The van der Waals surface area contributed by atoms with Crippen molar-refractivity contribution in [1.82, 2.24) is 19.7 Å². The summed E-state index contributed by atoms with van der Waals surface area (Å²) in [5.41, 5.74) is 10.3. The zero-order chi connectivity index (χ0) is 29.2. The number of aromatic nitrogens is 4. The third-order valence-electron chi connectivity index (χ3n) is 7.86. The van der Waals surface area contributed by atoms with E-state index in [0.29, 0.717) is 44.6 Å². The van der Waals surface area contributed by atoms with E-state index in [9.17, 15) is 9.18 Å². The Morgan fingerprint density at radius 1 is 0.837 bits per heavy atom. The summed E-state index contributed by atoms with van der Waals surface area (Å²) in [5.74, 6) is 0.0937. The molecule has 0 saturated carbocycles. The lowest BCUT2D eigenvalue weighted by Crippen LogP contribution is -2.16. The fourth-order valence-electron chi connectivity index (χ4n) is 5.87. The van der Waals surface area contributed by atoms with Crippen LogP contribution in [0.15, 0.2) is 111 Å². The molecule has 4 heterocycles. The van der Waals surface area contributed by atoms with Crippen LogP contribution in [0.1, 0.15) is 18.7 Å². The zero-order valence-electron chi connectivity index (χ0n) is 22.8. The molecule has 0 aliphatic heterocycles. The van der Waals surface area contributed by atoms with Crippen LogP contribution in [-0.4, -0.2) is 19.7 Å². The van der Waals surface area contributed by atoms with Crippen molar-refractivity contribution in [3.8, 4) is 22.4 Å². The quantitative estimate of drug-likeness (QED) is 0.234. The lowest BCUT2D eigenvalue weighted by atomic mass is 9.99. The van der Waals surface area contributed by atoms with Gasteiger partial charge in [-0.3, -0.25) is 4.79 Å². The van der Waals surface area contributed by atoms with E-state index in [1.165, 1.54) is 18.5 Å². The van der Waals surface area contributed by atoms with Crippen LogP contribution in [0, 0.1) is 5.82 Å². The van der Waals surface area contributed by atoms with Crippen LogP contribution in [0.3, 0.4) is 0 Å². The van der Waals surface area contributed by atoms with E-state index in [4.69, 9.17) is 19.7 Å². The fraction of sp³-hybridized carbons (Fsp3) is 0.0588. The molecule has 2 N–H and O–H groups in total. The minimum atomic E-state index is -0.656. The highest BCUT2D eigenvalue weighted by atomic mass is 19.1. The molecule has 0 radical (unpaired) electrons. The number of furan rings is 1. The molecular formula is C34H22FN5O3. The topological polar surface area (TPSA) is 113 Å². The Balaban J connectivity index is 1.41. The Hall–Kier alpha value is -5.83. The van der Waals surface area contributed by atoms with Crippen LogP contribution in [0.5, 0.6) is 0 Å². The fourth-order valence-corrected chi connectivity index (χ4v) is 5.87. The summed E-state index contributed by atoms with van der Waals surface area (Å²) in [6.07, 6.45) is 1.37. The van der Waals surface area contributed by atoms with Crippen LogP contribution in [0.4, 0.5) is 10.2 Å². The van der Waals surface area contributed by atoms with Crippen LogP contribution in [-0.2, 0) is 0 Å². The van der Waals surface area contributed by atoms with Gasteiger partial charge < -0.3 is 14.6 Å². The Bertz CT molecular complexity index is 2440. The minimum Gasteiger partial charge on any atom is -0.458 e. The first-order chi connectivity index (χ1) is 21.0. The number of rotatable bonds is 4. The molecule has 8 nitrogen and oxygen atoms in total. The summed E-state index contributed by atoms with van der Waals surface area (Å²) in [5, 5.41) is 7.87. The number of fused-ring (bicyclic) bond motifs is 5. The Kier molecular flexibility index (Phi) is 5.42. The summed E-state index contributed by atoms with van der Waals surface area (Å²) >= 11 is 0. The lowest BCUT2D eigenvalue weighted by Gasteiger charge is -2.17. The van der Waals surface area contributed by atoms with Crippen LogP contribution in [0.25, 0.3) is 66.3 Å². The van der Waals surface area contributed by atoms with Crippen molar-refractivity contribution in [1.29, 1.82) is 0 Å². The number of hydrogen-bond donors (Lipinski definition) is 1. The largest absolute Gasteiger partial charge is 0.458 e. The van der Waals surface area contributed by atoms with Gasteiger partial charge in [-0.15, -0.1) is 0 Å². The van der Waals surface area contributed by atoms with Gasteiger partial charge in [-0.25, -0.2) is 19.0 Å². The maximum absolute atomic E-state index is 14.4. The van der Waals surface area contributed by atoms with Gasteiger partial charge in [-0.2, -0.15) is 5.10 Å². The Morgan fingerprint density at radius 3 is 2.37 bits per heavy atom. The molecule has 1 unspecified atom stereocenters. The number of nitrogen functional groups attached to an aromatic ring is 1. The van der Waals surface area contributed by atoms with Gasteiger partial charge in [0.2, 0.25) is 5.43 Å². The number of hydrogen-bond acceptors (Lipinski definition) is 7. The van der Waals surface area contributed by atoms with E-state index in [-0.39, 0.29) is 16.8 Å². The number of nitrogens with zero attached hydrogens (tertiary/aromatic N) is 4. The average molecular weight is 568 g/mol. The predicted molar refractivity (Wildman–Crippen MR) is 164 cm³/mol. The number of halogens is 1. The average Bonchev–Trinajstić information content (AvgIpc) is 3.60. The highest BCUT2D eigenvalue weighted by molar-refractivity contribution is 6.12. The molecule has 0 aliphatic rings. The third kappa shape index (κ3) is 3.75. The molecule has 43 heavy (non-hydrogen) atoms. The standard InChI is InChI=1S/C34H22FN5O3/c1-18(31-27(19-8-6-9-20(35)16-19)30(41)23-11-3-5-15-26(23)42-31)40-34-28(33(36)37-17-38-34)29(39-40)24-13-7-12-22-21-10-2-4-14-25(21)43-32(22)24/h2-18H,1H3,(H2,36,37,38). The van der Waals surface area contributed by atoms with Gasteiger partial charge in [0.15, 0.2) is 5.65 Å². The molecule has 0 amide bonds. The summed E-state index contributed by atoms with van der Waals surface area (Å²) in [7, 11) is 0. The van der Waals surface area contributed by atoms with Crippen LogP contribution < -0.4 is 11.2 Å². The molecule has 4 aromatic heterocycles. The van der Waals surface area contributed by atoms with Gasteiger partial charge >= 0.3 is 0 Å². The molecule has 9 heteroatoms. The van der Waals surface area contributed by atoms with Crippen molar-refractivity contribution in [2.75, 3.05) is 5.73 Å². The van der Waals surface area contributed by atoms with E-state index in [1.54, 1.807) is 41.1 Å². The minimum absolute atomic E-state index is 0.247. The molecule has 8 aromatic rings. The molecular weight excluding hydrogens is 545 g/mol. The third-order valence-corrected chi connectivity index (χ3v) is 7.86. The summed E-state index contributed by atoms with van der Waals surface area (Å²) in [6.45, 7) is 1.85. The summed E-state index contributed by atoms with van der Waals surface area (Å²) in [4.78, 5) is 22.7. The first-order valence-corrected chi connectivity index (χ1v) is 13.7. The SMILES string of the molecule is CC(c1oc2ccccc2c(=O)c1-c1cccc(F)c1)n1nc(-c2cccc3c2oc2ccccc23)c2c(N)ncnc21. The number of nitrogens with two attached hydrogens (primary N) is 1. The van der Waals surface area contributed by atoms with Crippen LogP contribution >= 0.6 is 0 Å². The molecule has 4 aromatic carbocycles. The summed E-state index contributed by atoms with van der Waals surface area (Å²) < 4.78 is 28.8. The second-order valence-corrected chi connectivity index (χ2v) is 10.4. The number of anilines is 1. The van der Waals surface area contributed by atoms with Gasteiger partial charge in [0.05, 0.1) is 16.3 Å². The van der Waals surface area contributed by atoms with Gasteiger partial charge in [-0.1, -0.05) is 54.6 Å². The smallest absolute Gasteiger partial charge is 0.200 e. The first-order valence-electron chi connectivity index (χ1n) is 13.7. The normalized spacial score (nSPS) is 12.5. The molecule has 0 saturated heterocycles. The molecule has 0 spiro atoms. The zero-order valence-corrected chi connectivity index (χ0v) is 22.8. The van der Waals surface area contributed by atoms with Crippen molar-refractivity contribution >= 4 is 49.8 Å². The lowest BCUT2D eigenvalue weighted by molar-refractivity contribution is 0.446. The van der Waals surface area contributed by atoms with Gasteiger partial charge in [-0.05, 0) is 48.9 Å². The van der Waals surface area contributed by atoms with Gasteiger partial charge in [0.1, 0.15) is 52.2 Å². The molecule has 0 bridgehead atoms. The van der Waals surface area contributed by atoms with Crippen molar-refractivity contribution in [2.24, 2.45) is 0 Å². The van der Waals surface area contributed by atoms with Gasteiger partial charge in [0, 0.05) is 16.3 Å².